The van der Waals surface area contributed by atoms with Crippen LogP contribution in [0.15, 0.2) is 24.3 Å². The smallest absolute Gasteiger partial charge is 0.0778 e. The highest BCUT2D eigenvalue weighted by atomic mass is 32.1. The van der Waals surface area contributed by atoms with Crippen molar-refractivity contribution in [2.75, 3.05) is 0 Å². The Labute approximate surface area is 163 Å². The van der Waals surface area contributed by atoms with Crippen LogP contribution < -0.4 is 0 Å². The number of benzene rings is 1. The van der Waals surface area contributed by atoms with Crippen LogP contribution >= 0.6 is 22.7 Å². The Morgan fingerprint density at radius 2 is 1.27 bits per heavy atom. The standard InChI is InChI=1S/C24H22S2/c1-7-8-14-10-20-22(26-14)16-12-17-15(11-18(16)24(20,5)6)21-19(23(17,3)4)9-13(2)25-21/h9-12H,1-6H3. The molecule has 0 atom stereocenters. The van der Waals surface area contributed by atoms with Gasteiger partial charge in [-0.3, -0.25) is 0 Å². The van der Waals surface area contributed by atoms with Crippen LogP contribution in [0.25, 0.3) is 20.9 Å². The lowest BCUT2D eigenvalue weighted by molar-refractivity contribution is 0.653. The van der Waals surface area contributed by atoms with E-state index in [0.717, 1.165) is 0 Å². The number of aryl methyl sites for hydroxylation is 1. The normalized spacial score (nSPS) is 17.2. The molecule has 2 aromatic heterocycles. The first-order chi connectivity index (χ1) is 12.2. The van der Waals surface area contributed by atoms with Crippen LogP contribution in [0.5, 0.6) is 0 Å². The summed E-state index contributed by atoms with van der Waals surface area (Å²) in [6.45, 7) is 13.6. The van der Waals surface area contributed by atoms with Crippen molar-refractivity contribution in [2.24, 2.45) is 0 Å². The fourth-order valence-electron chi connectivity index (χ4n) is 4.72. The van der Waals surface area contributed by atoms with Gasteiger partial charge in [-0.05, 0) is 71.5 Å². The van der Waals surface area contributed by atoms with Gasteiger partial charge in [0.25, 0.3) is 0 Å². The monoisotopic (exact) mass is 374 g/mol. The van der Waals surface area contributed by atoms with Gasteiger partial charge in [-0.25, -0.2) is 0 Å². The molecule has 2 aliphatic rings. The first kappa shape index (κ1) is 16.4. The largest absolute Gasteiger partial charge is 0.140 e. The van der Waals surface area contributed by atoms with E-state index in [-0.39, 0.29) is 10.8 Å². The molecule has 0 amide bonds. The average Bonchev–Trinajstić information content (AvgIpc) is 3.25. The van der Waals surface area contributed by atoms with E-state index in [1.54, 1.807) is 0 Å². The molecule has 0 fully saturated rings. The van der Waals surface area contributed by atoms with Gasteiger partial charge >= 0.3 is 0 Å². The highest BCUT2D eigenvalue weighted by Crippen LogP contribution is 2.58. The Morgan fingerprint density at radius 3 is 1.85 bits per heavy atom. The highest BCUT2D eigenvalue weighted by molar-refractivity contribution is 7.16. The minimum Gasteiger partial charge on any atom is -0.140 e. The van der Waals surface area contributed by atoms with E-state index in [0.29, 0.717) is 0 Å². The third-order valence-electron chi connectivity index (χ3n) is 6.18. The minimum atomic E-state index is 0.0447. The molecule has 130 valence electrons. The van der Waals surface area contributed by atoms with Gasteiger partial charge in [0.15, 0.2) is 0 Å². The second kappa shape index (κ2) is 4.91. The lowest BCUT2D eigenvalue weighted by atomic mass is 9.79. The molecule has 2 heteroatoms. The fourth-order valence-corrected chi connectivity index (χ4v) is 7.17. The fraction of sp³-hybridized carbons (Fsp3) is 0.333. The maximum Gasteiger partial charge on any atom is 0.0778 e. The zero-order valence-corrected chi connectivity index (χ0v) is 17.8. The zero-order valence-electron chi connectivity index (χ0n) is 16.1. The number of thiophene rings is 2. The van der Waals surface area contributed by atoms with Gasteiger partial charge in [0.2, 0.25) is 0 Å². The van der Waals surface area contributed by atoms with Crippen LogP contribution in [0.2, 0.25) is 0 Å². The number of rotatable bonds is 0. The van der Waals surface area contributed by atoms with E-state index in [1.165, 1.54) is 52.9 Å². The van der Waals surface area contributed by atoms with E-state index < -0.39 is 0 Å². The molecule has 0 spiro atoms. The highest BCUT2D eigenvalue weighted by Gasteiger charge is 2.43. The third kappa shape index (κ3) is 1.86. The van der Waals surface area contributed by atoms with Crippen LogP contribution in [-0.4, -0.2) is 0 Å². The number of fused-ring (bicyclic) bond motifs is 6. The Morgan fingerprint density at radius 1 is 0.731 bits per heavy atom. The zero-order chi connectivity index (χ0) is 18.4. The van der Waals surface area contributed by atoms with Crippen molar-refractivity contribution in [3.63, 3.8) is 0 Å². The van der Waals surface area contributed by atoms with E-state index >= 15 is 0 Å². The Hall–Kier alpha value is -1.82. The second-order valence-corrected chi connectivity index (χ2v) is 10.8. The topological polar surface area (TPSA) is 0 Å². The summed E-state index contributed by atoms with van der Waals surface area (Å²) in [4.78, 5) is 5.50. The van der Waals surface area contributed by atoms with Gasteiger partial charge in [-0.1, -0.05) is 33.6 Å². The maximum atomic E-state index is 3.26. The first-order valence-corrected chi connectivity index (χ1v) is 10.8. The molecule has 3 aromatic rings. The summed E-state index contributed by atoms with van der Waals surface area (Å²) in [6, 6.07) is 9.68. The molecule has 0 bridgehead atoms. The van der Waals surface area contributed by atoms with Crippen molar-refractivity contribution in [1.82, 2.24) is 0 Å². The molecule has 2 aliphatic carbocycles. The molecule has 0 nitrogen and oxygen atoms in total. The molecule has 0 saturated heterocycles. The SMILES string of the molecule is CC#Cc1cc2c(s1)-c1cc3c(cc1C2(C)C)-c1sc(C)cc1C3(C)C. The molecular formula is C24H22S2. The van der Waals surface area contributed by atoms with Gasteiger partial charge in [0.05, 0.1) is 4.88 Å². The Bertz CT molecular complexity index is 1150. The minimum absolute atomic E-state index is 0.0447. The van der Waals surface area contributed by atoms with Gasteiger partial charge < -0.3 is 0 Å². The van der Waals surface area contributed by atoms with E-state index in [9.17, 15) is 0 Å². The Kier molecular flexibility index (Phi) is 3.09. The van der Waals surface area contributed by atoms with Crippen molar-refractivity contribution >= 4 is 22.7 Å². The van der Waals surface area contributed by atoms with Crippen molar-refractivity contribution in [1.29, 1.82) is 0 Å². The average molecular weight is 375 g/mol. The van der Waals surface area contributed by atoms with Crippen LogP contribution in [-0.2, 0) is 10.8 Å². The predicted molar refractivity (Wildman–Crippen MR) is 115 cm³/mol. The second-order valence-electron chi connectivity index (χ2n) is 8.52. The lowest BCUT2D eigenvalue weighted by Gasteiger charge is -2.24. The summed E-state index contributed by atoms with van der Waals surface area (Å²) >= 11 is 3.80. The number of hydrogen-bond acceptors (Lipinski definition) is 2. The van der Waals surface area contributed by atoms with Crippen LogP contribution in [0.3, 0.4) is 0 Å². The molecule has 0 aliphatic heterocycles. The Balaban J connectivity index is 1.81. The molecular weight excluding hydrogens is 352 g/mol. The van der Waals surface area contributed by atoms with Crippen molar-refractivity contribution in [2.45, 2.75) is 52.4 Å². The van der Waals surface area contributed by atoms with Gasteiger partial charge in [-0.2, -0.15) is 0 Å². The third-order valence-corrected chi connectivity index (χ3v) is 8.34. The van der Waals surface area contributed by atoms with E-state index in [4.69, 9.17) is 0 Å². The summed E-state index contributed by atoms with van der Waals surface area (Å²) < 4.78 is 0. The van der Waals surface area contributed by atoms with Crippen molar-refractivity contribution in [3.8, 4) is 32.7 Å². The molecule has 26 heavy (non-hydrogen) atoms. The predicted octanol–water partition coefficient (Wildman–Crippen LogP) is 7.10. The first-order valence-electron chi connectivity index (χ1n) is 9.13. The summed E-state index contributed by atoms with van der Waals surface area (Å²) in [5, 5.41) is 0. The molecule has 1 aromatic carbocycles. The van der Waals surface area contributed by atoms with E-state index in [2.05, 4.69) is 70.7 Å². The molecule has 0 radical (unpaired) electrons. The molecule has 5 rings (SSSR count). The summed E-state index contributed by atoms with van der Waals surface area (Å²) in [5.41, 5.74) is 8.92. The van der Waals surface area contributed by atoms with Crippen molar-refractivity contribution in [3.05, 3.63) is 56.3 Å². The van der Waals surface area contributed by atoms with Gasteiger partial charge in [0, 0.05) is 25.5 Å². The van der Waals surface area contributed by atoms with Gasteiger partial charge in [-0.15, -0.1) is 28.6 Å². The maximum absolute atomic E-state index is 3.26. The van der Waals surface area contributed by atoms with Crippen LogP contribution in [0.1, 0.15) is 66.6 Å². The molecule has 0 N–H and O–H groups in total. The summed E-state index contributed by atoms with van der Waals surface area (Å²) in [7, 11) is 0. The van der Waals surface area contributed by atoms with Crippen LogP contribution in [0, 0.1) is 18.8 Å². The summed E-state index contributed by atoms with van der Waals surface area (Å²) in [5.74, 6) is 6.31. The molecule has 0 unspecified atom stereocenters. The van der Waals surface area contributed by atoms with E-state index in [1.807, 2.05) is 29.6 Å². The quantitative estimate of drug-likeness (QED) is 0.368. The number of hydrogen-bond donors (Lipinski definition) is 0. The molecule has 2 heterocycles. The van der Waals surface area contributed by atoms with Crippen LogP contribution in [0.4, 0.5) is 0 Å². The van der Waals surface area contributed by atoms with Crippen molar-refractivity contribution < 1.29 is 0 Å². The lowest BCUT2D eigenvalue weighted by Crippen LogP contribution is -2.16. The summed E-state index contributed by atoms with van der Waals surface area (Å²) in [6.07, 6.45) is 0. The van der Waals surface area contributed by atoms with Gasteiger partial charge in [0.1, 0.15) is 0 Å². The molecule has 0 saturated carbocycles.